The first kappa shape index (κ1) is 15.6. The lowest BCUT2D eigenvalue weighted by atomic mass is 10.2. The highest BCUT2D eigenvalue weighted by Crippen LogP contribution is 2.25. The molecule has 0 saturated heterocycles. The fourth-order valence-electron chi connectivity index (χ4n) is 1.71. The van der Waals surface area contributed by atoms with Crippen molar-refractivity contribution in [2.45, 2.75) is 39.4 Å². The Morgan fingerprint density at radius 1 is 1.37 bits per heavy atom. The Bertz CT molecular complexity index is 391. The van der Waals surface area contributed by atoms with Crippen LogP contribution in [0.5, 0.6) is 0 Å². The number of nitrogens with zero attached hydrogens (tertiary/aromatic N) is 2. The van der Waals surface area contributed by atoms with Crippen LogP contribution in [0.3, 0.4) is 0 Å². The van der Waals surface area contributed by atoms with Crippen molar-refractivity contribution in [2.75, 3.05) is 23.3 Å². The minimum absolute atomic E-state index is 0.233. The predicted octanol–water partition coefficient (Wildman–Crippen LogP) is 3.68. The maximum absolute atomic E-state index is 12.6. The molecule has 19 heavy (non-hydrogen) atoms. The molecule has 0 aromatic carbocycles. The van der Waals surface area contributed by atoms with E-state index in [9.17, 15) is 13.2 Å². The zero-order chi connectivity index (χ0) is 14.5. The van der Waals surface area contributed by atoms with Crippen molar-refractivity contribution in [2.24, 2.45) is 0 Å². The Morgan fingerprint density at radius 3 is 2.58 bits per heavy atom. The van der Waals surface area contributed by atoms with Crippen molar-refractivity contribution in [3.63, 3.8) is 0 Å². The number of aromatic nitrogens is 1. The van der Waals surface area contributed by atoms with Gasteiger partial charge in [-0.3, -0.25) is 0 Å². The molecule has 1 N–H and O–H groups in total. The number of hydrogen-bond acceptors (Lipinski definition) is 3. The summed E-state index contributed by atoms with van der Waals surface area (Å²) in [7, 11) is 0. The topological polar surface area (TPSA) is 28.2 Å². The third kappa shape index (κ3) is 5.36. The van der Waals surface area contributed by atoms with Gasteiger partial charge in [0.1, 0.15) is 12.4 Å². The molecular formula is C13H20F3N3. The molecule has 0 aliphatic heterocycles. The largest absolute Gasteiger partial charge is 0.405 e. The molecule has 0 atom stereocenters. The van der Waals surface area contributed by atoms with Crippen LogP contribution in [0.15, 0.2) is 18.3 Å². The van der Waals surface area contributed by atoms with Gasteiger partial charge in [0.05, 0.1) is 0 Å². The van der Waals surface area contributed by atoms with Gasteiger partial charge in [-0.25, -0.2) is 4.98 Å². The van der Waals surface area contributed by atoms with E-state index >= 15 is 0 Å². The summed E-state index contributed by atoms with van der Waals surface area (Å²) in [6.07, 6.45) is -1.76. The van der Waals surface area contributed by atoms with Gasteiger partial charge in [-0.05, 0) is 26.3 Å². The Kier molecular flexibility index (Phi) is 5.44. The molecule has 0 saturated carbocycles. The van der Waals surface area contributed by atoms with Crippen LogP contribution in [0, 0.1) is 0 Å². The molecule has 0 spiro atoms. The van der Waals surface area contributed by atoms with Crippen LogP contribution >= 0.6 is 0 Å². The van der Waals surface area contributed by atoms with E-state index in [-0.39, 0.29) is 6.04 Å². The van der Waals surface area contributed by atoms with Crippen LogP contribution in [-0.4, -0.2) is 30.3 Å². The molecule has 0 fully saturated rings. The first-order valence-corrected chi connectivity index (χ1v) is 6.37. The lowest BCUT2D eigenvalue weighted by Gasteiger charge is -2.30. The summed E-state index contributed by atoms with van der Waals surface area (Å²) in [6.45, 7) is 5.29. The van der Waals surface area contributed by atoms with Gasteiger partial charge in [0, 0.05) is 30.5 Å². The smallest absolute Gasteiger partial charge is 0.370 e. The second-order valence-corrected chi connectivity index (χ2v) is 4.66. The van der Waals surface area contributed by atoms with Gasteiger partial charge in [-0.1, -0.05) is 6.92 Å². The fourth-order valence-corrected chi connectivity index (χ4v) is 1.71. The van der Waals surface area contributed by atoms with E-state index in [2.05, 4.69) is 10.3 Å². The van der Waals surface area contributed by atoms with Gasteiger partial charge in [-0.15, -0.1) is 0 Å². The molecule has 0 aliphatic rings. The van der Waals surface area contributed by atoms with E-state index < -0.39 is 12.7 Å². The normalized spacial score (nSPS) is 11.7. The molecule has 0 unspecified atom stereocenters. The highest BCUT2D eigenvalue weighted by Gasteiger charge is 2.32. The van der Waals surface area contributed by atoms with Crippen LogP contribution in [-0.2, 0) is 0 Å². The van der Waals surface area contributed by atoms with Gasteiger partial charge in [0.15, 0.2) is 0 Å². The molecule has 3 nitrogen and oxygen atoms in total. The number of halogens is 3. The third-order valence-corrected chi connectivity index (χ3v) is 2.60. The van der Waals surface area contributed by atoms with E-state index in [0.717, 1.165) is 13.0 Å². The first-order valence-electron chi connectivity index (χ1n) is 6.37. The third-order valence-electron chi connectivity index (χ3n) is 2.60. The minimum Gasteiger partial charge on any atom is -0.370 e. The highest BCUT2D eigenvalue weighted by atomic mass is 19.4. The number of rotatable bonds is 6. The monoisotopic (exact) mass is 275 g/mol. The molecular weight excluding hydrogens is 255 g/mol. The second-order valence-electron chi connectivity index (χ2n) is 4.66. The van der Waals surface area contributed by atoms with Gasteiger partial charge in [-0.2, -0.15) is 13.2 Å². The molecule has 1 aromatic heterocycles. The average Bonchev–Trinajstić information content (AvgIpc) is 2.32. The van der Waals surface area contributed by atoms with Crippen molar-refractivity contribution < 1.29 is 13.2 Å². The van der Waals surface area contributed by atoms with Gasteiger partial charge < -0.3 is 10.2 Å². The summed E-state index contributed by atoms with van der Waals surface area (Å²) >= 11 is 0. The average molecular weight is 275 g/mol. The zero-order valence-electron chi connectivity index (χ0n) is 11.5. The molecule has 0 radical (unpaired) electrons. The van der Waals surface area contributed by atoms with Crippen molar-refractivity contribution in [1.29, 1.82) is 0 Å². The van der Waals surface area contributed by atoms with Crippen molar-refractivity contribution >= 4 is 11.5 Å². The number of nitrogens with one attached hydrogen (secondary N) is 1. The molecule has 0 aliphatic carbocycles. The molecule has 6 heteroatoms. The van der Waals surface area contributed by atoms with E-state index in [0.29, 0.717) is 11.5 Å². The van der Waals surface area contributed by atoms with Gasteiger partial charge >= 0.3 is 6.18 Å². The summed E-state index contributed by atoms with van der Waals surface area (Å²) in [5.74, 6) is 0.604. The second kappa shape index (κ2) is 6.63. The van der Waals surface area contributed by atoms with E-state index in [1.807, 2.05) is 6.92 Å². The summed E-state index contributed by atoms with van der Waals surface area (Å²) in [4.78, 5) is 5.41. The number of anilines is 2. The number of alkyl halides is 3. The van der Waals surface area contributed by atoms with Crippen LogP contribution in [0.2, 0.25) is 0 Å². The van der Waals surface area contributed by atoms with E-state index in [1.165, 1.54) is 11.1 Å². The predicted molar refractivity (Wildman–Crippen MR) is 71.6 cm³/mol. The molecule has 1 rings (SSSR count). The SMILES string of the molecule is CCCNc1cc(N(CC(F)(F)F)C(C)C)ccn1. The Labute approximate surface area is 111 Å². The number of hydrogen-bond donors (Lipinski definition) is 1. The zero-order valence-corrected chi connectivity index (χ0v) is 11.5. The summed E-state index contributed by atoms with van der Waals surface area (Å²) in [5, 5.41) is 3.07. The first-order chi connectivity index (χ1) is 8.83. The molecule has 108 valence electrons. The maximum atomic E-state index is 12.6. The maximum Gasteiger partial charge on any atom is 0.405 e. The number of pyridine rings is 1. The van der Waals surface area contributed by atoms with E-state index in [4.69, 9.17) is 0 Å². The fraction of sp³-hybridized carbons (Fsp3) is 0.615. The minimum atomic E-state index is -4.22. The molecule has 1 heterocycles. The molecule has 1 aromatic rings. The highest BCUT2D eigenvalue weighted by molar-refractivity contribution is 5.54. The Hall–Kier alpha value is -1.46. The summed E-state index contributed by atoms with van der Waals surface area (Å²) in [5.41, 5.74) is 0.529. The molecule has 0 bridgehead atoms. The summed E-state index contributed by atoms with van der Waals surface area (Å²) < 4.78 is 37.7. The van der Waals surface area contributed by atoms with Crippen LogP contribution < -0.4 is 10.2 Å². The summed E-state index contributed by atoms with van der Waals surface area (Å²) in [6, 6.07) is 3.02. The van der Waals surface area contributed by atoms with Crippen LogP contribution in [0.4, 0.5) is 24.7 Å². The Morgan fingerprint density at radius 2 is 2.05 bits per heavy atom. The lowest BCUT2D eigenvalue weighted by Crippen LogP contribution is -2.39. The van der Waals surface area contributed by atoms with Gasteiger partial charge in [0.2, 0.25) is 0 Å². The molecule has 0 amide bonds. The van der Waals surface area contributed by atoms with Crippen molar-refractivity contribution in [3.8, 4) is 0 Å². The van der Waals surface area contributed by atoms with Crippen LogP contribution in [0.25, 0.3) is 0 Å². The standard InChI is InChI=1S/C13H20F3N3/c1-4-6-17-12-8-11(5-7-18-12)19(10(2)3)9-13(14,15)16/h5,7-8,10H,4,6,9H2,1-3H3,(H,17,18). The van der Waals surface area contributed by atoms with Crippen molar-refractivity contribution in [3.05, 3.63) is 18.3 Å². The quantitative estimate of drug-likeness (QED) is 0.858. The lowest BCUT2D eigenvalue weighted by molar-refractivity contribution is -0.120. The van der Waals surface area contributed by atoms with Gasteiger partial charge in [0.25, 0.3) is 0 Å². The van der Waals surface area contributed by atoms with Crippen molar-refractivity contribution in [1.82, 2.24) is 4.98 Å². The van der Waals surface area contributed by atoms with E-state index in [1.54, 1.807) is 26.0 Å². The Balaban J connectivity index is 2.90. The van der Waals surface area contributed by atoms with Crippen LogP contribution in [0.1, 0.15) is 27.2 Å².